The van der Waals surface area contributed by atoms with Crippen molar-refractivity contribution in [3.63, 3.8) is 0 Å². The lowest BCUT2D eigenvalue weighted by Gasteiger charge is -2.14. The van der Waals surface area contributed by atoms with Crippen molar-refractivity contribution in [2.45, 2.75) is 25.7 Å². The van der Waals surface area contributed by atoms with Crippen molar-refractivity contribution in [2.75, 3.05) is 13.2 Å². The number of rotatable bonds is 6. The van der Waals surface area contributed by atoms with E-state index in [4.69, 9.17) is 32.1 Å². The van der Waals surface area contributed by atoms with Gasteiger partial charge in [0, 0.05) is 0 Å². The van der Waals surface area contributed by atoms with Crippen LogP contribution in [-0.4, -0.2) is 13.2 Å². The molecule has 0 aliphatic heterocycles. The normalized spacial score (nSPS) is 23.5. The molecule has 0 aromatic rings. The van der Waals surface area contributed by atoms with Gasteiger partial charge in [-0.25, -0.2) is 0 Å². The molecule has 0 unspecified atom stereocenters. The van der Waals surface area contributed by atoms with Gasteiger partial charge in [-0.2, -0.15) is 0 Å². The number of hydrogen-bond donors (Lipinski definition) is 0. The Kier molecular flexibility index (Phi) is 3.32. The van der Waals surface area contributed by atoms with E-state index in [9.17, 15) is 0 Å². The van der Waals surface area contributed by atoms with Crippen LogP contribution in [0.3, 0.4) is 0 Å². The molecule has 0 radical (unpaired) electrons. The van der Waals surface area contributed by atoms with E-state index < -0.39 is 5.84 Å². The first kappa shape index (κ1) is 10.4. The van der Waals surface area contributed by atoms with Gasteiger partial charge in [-0.05, 0) is 60.6 Å². The van der Waals surface area contributed by atoms with Crippen molar-refractivity contribution in [1.29, 1.82) is 0 Å². The fraction of sp³-hybridized carbons (Fsp3) is 1.00. The summed E-state index contributed by atoms with van der Waals surface area (Å²) < 4.78 is 10.8. The number of halogens is 1. The van der Waals surface area contributed by atoms with E-state index in [1.165, 1.54) is 25.7 Å². The van der Waals surface area contributed by atoms with Gasteiger partial charge in [-0.3, -0.25) is 0 Å². The summed E-state index contributed by atoms with van der Waals surface area (Å²) >= 11 is 11.0. The summed E-state index contributed by atoms with van der Waals surface area (Å²) in [5, 5.41) is 0. The first-order chi connectivity index (χ1) is 6.16. The highest BCUT2D eigenvalue weighted by Gasteiger charge is 2.28. The molecular weight excluding hydrogens is 227 g/mol. The summed E-state index contributed by atoms with van der Waals surface area (Å²) in [4.78, 5) is 0. The Labute approximate surface area is 88.9 Å². The van der Waals surface area contributed by atoms with Crippen molar-refractivity contribution < 1.29 is 9.05 Å². The molecule has 0 amide bonds. The fourth-order valence-corrected chi connectivity index (χ4v) is 2.55. The Morgan fingerprint density at radius 1 is 1.08 bits per heavy atom. The van der Waals surface area contributed by atoms with E-state index in [1.807, 2.05) is 0 Å². The lowest BCUT2D eigenvalue weighted by atomic mass is 10.5. The molecule has 2 aliphatic carbocycles. The highest BCUT2D eigenvalue weighted by Crippen LogP contribution is 2.56. The zero-order valence-electron chi connectivity index (χ0n) is 7.45. The Balaban J connectivity index is 1.63. The second kappa shape index (κ2) is 4.16. The van der Waals surface area contributed by atoms with E-state index in [1.54, 1.807) is 0 Å². The van der Waals surface area contributed by atoms with Gasteiger partial charge in [0.15, 0.2) is 0 Å². The molecule has 76 valence electrons. The summed E-state index contributed by atoms with van der Waals surface area (Å²) in [5.41, 5.74) is 0. The van der Waals surface area contributed by atoms with Crippen LogP contribution in [0.25, 0.3) is 0 Å². The summed E-state index contributed by atoms with van der Waals surface area (Å²) in [7, 11) is 0. The van der Waals surface area contributed by atoms with E-state index in [0.29, 0.717) is 25.0 Å². The molecule has 2 fully saturated rings. The van der Waals surface area contributed by atoms with Crippen LogP contribution in [0.2, 0.25) is 0 Å². The third kappa shape index (κ3) is 4.26. The number of hydrogen-bond acceptors (Lipinski definition) is 3. The zero-order chi connectivity index (χ0) is 9.31. The molecule has 0 saturated heterocycles. The first-order valence-corrected chi connectivity index (χ1v) is 8.29. The van der Waals surface area contributed by atoms with Gasteiger partial charge < -0.3 is 9.05 Å². The SMILES string of the molecule is S=P(Cl)(OCC1CC1)OCC1CC1. The van der Waals surface area contributed by atoms with Gasteiger partial charge in [0.1, 0.15) is 0 Å². The van der Waals surface area contributed by atoms with Crippen LogP contribution >= 0.6 is 17.1 Å². The molecule has 0 heterocycles. The van der Waals surface area contributed by atoms with Gasteiger partial charge in [0.25, 0.3) is 5.84 Å². The van der Waals surface area contributed by atoms with E-state index in [-0.39, 0.29) is 0 Å². The predicted molar refractivity (Wildman–Crippen MR) is 57.5 cm³/mol. The standard InChI is InChI=1S/C8H14ClO2PS/c9-12(13,10-5-7-1-2-7)11-6-8-3-4-8/h7-8H,1-6H2. The Bertz CT molecular complexity index is 208. The van der Waals surface area contributed by atoms with Crippen LogP contribution in [0.15, 0.2) is 0 Å². The topological polar surface area (TPSA) is 18.5 Å². The molecule has 0 aromatic carbocycles. The molecule has 13 heavy (non-hydrogen) atoms. The molecule has 2 saturated carbocycles. The first-order valence-electron chi connectivity index (χ1n) is 4.74. The molecular formula is C8H14ClO2PS. The van der Waals surface area contributed by atoms with Crippen molar-refractivity contribution >= 4 is 28.9 Å². The lowest BCUT2D eigenvalue weighted by Crippen LogP contribution is -1.97. The van der Waals surface area contributed by atoms with Crippen LogP contribution in [0.4, 0.5) is 0 Å². The highest BCUT2D eigenvalue weighted by atomic mass is 35.7. The molecule has 0 atom stereocenters. The average molecular weight is 241 g/mol. The largest absolute Gasteiger partial charge is 0.318 e. The van der Waals surface area contributed by atoms with E-state index in [0.717, 1.165) is 0 Å². The van der Waals surface area contributed by atoms with Crippen LogP contribution in [0, 0.1) is 11.8 Å². The predicted octanol–water partition coefficient (Wildman–Crippen LogP) is 3.30. The fourth-order valence-electron chi connectivity index (χ4n) is 0.995. The summed E-state index contributed by atoms with van der Waals surface area (Å²) in [5.74, 6) is -1.02. The molecule has 0 spiro atoms. The highest BCUT2D eigenvalue weighted by molar-refractivity contribution is 8.22. The van der Waals surface area contributed by atoms with Crippen molar-refractivity contribution in [3.05, 3.63) is 0 Å². The third-order valence-electron chi connectivity index (χ3n) is 2.32. The quantitative estimate of drug-likeness (QED) is 0.664. The maximum Gasteiger partial charge on any atom is 0.281 e. The van der Waals surface area contributed by atoms with Crippen LogP contribution in [0.1, 0.15) is 25.7 Å². The molecule has 2 nitrogen and oxygen atoms in total. The second-order valence-electron chi connectivity index (χ2n) is 3.91. The average Bonchev–Trinajstić information content (AvgIpc) is 2.92. The molecule has 0 bridgehead atoms. The van der Waals surface area contributed by atoms with E-state index in [2.05, 4.69) is 0 Å². The van der Waals surface area contributed by atoms with Gasteiger partial charge in [0.05, 0.1) is 13.2 Å². The molecule has 2 aliphatic rings. The third-order valence-corrected chi connectivity index (χ3v) is 4.46. The van der Waals surface area contributed by atoms with Crippen molar-refractivity contribution in [1.82, 2.24) is 0 Å². The monoisotopic (exact) mass is 240 g/mol. The van der Waals surface area contributed by atoms with Gasteiger partial charge in [-0.1, -0.05) is 0 Å². The van der Waals surface area contributed by atoms with Gasteiger partial charge in [0.2, 0.25) is 0 Å². The zero-order valence-corrected chi connectivity index (χ0v) is 9.91. The maximum absolute atomic E-state index is 5.96. The Morgan fingerprint density at radius 3 is 1.77 bits per heavy atom. The summed E-state index contributed by atoms with van der Waals surface area (Å²) in [6.45, 7) is 1.40. The minimum Gasteiger partial charge on any atom is -0.318 e. The minimum atomic E-state index is -2.41. The molecule has 0 N–H and O–H groups in total. The molecule has 0 aromatic heterocycles. The second-order valence-corrected chi connectivity index (χ2v) is 8.67. The minimum absolute atomic E-state index is 0.700. The van der Waals surface area contributed by atoms with Crippen molar-refractivity contribution in [2.24, 2.45) is 11.8 Å². The van der Waals surface area contributed by atoms with Crippen LogP contribution < -0.4 is 0 Å². The smallest absolute Gasteiger partial charge is 0.281 e. The Hall–Kier alpha value is 0.860. The molecule has 5 heteroatoms. The lowest BCUT2D eigenvalue weighted by molar-refractivity contribution is 0.242. The Morgan fingerprint density at radius 2 is 1.46 bits per heavy atom. The molecule has 2 rings (SSSR count). The maximum atomic E-state index is 5.96. The van der Waals surface area contributed by atoms with Gasteiger partial charge in [-0.15, -0.1) is 0 Å². The van der Waals surface area contributed by atoms with Crippen molar-refractivity contribution in [3.8, 4) is 0 Å². The van der Waals surface area contributed by atoms with Crippen LogP contribution in [0.5, 0.6) is 0 Å². The summed E-state index contributed by atoms with van der Waals surface area (Å²) in [6, 6.07) is 0. The van der Waals surface area contributed by atoms with Crippen LogP contribution in [-0.2, 0) is 20.9 Å². The van der Waals surface area contributed by atoms with Gasteiger partial charge >= 0.3 is 0 Å². The van der Waals surface area contributed by atoms with E-state index >= 15 is 0 Å². The summed E-state index contributed by atoms with van der Waals surface area (Å²) in [6.07, 6.45) is 5.04.